The molecule has 0 aliphatic heterocycles. The molecule has 0 heterocycles. The van der Waals surface area contributed by atoms with E-state index in [1.807, 2.05) is 13.8 Å². The number of ether oxygens (including phenoxy) is 3. The van der Waals surface area contributed by atoms with Crippen molar-refractivity contribution < 1.29 is 23.8 Å². The number of aldehydes is 1. The number of rotatable bonds is 4. The van der Waals surface area contributed by atoms with Gasteiger partial charge in [-0.05, 0) is 12.1 Å². The van der Waals surface area contributed by atoms with Crippen molar-refractivity contribution in [3.05, 3.63) is 17.7 Å². The van der Waals surface area contributed by atoms with E-state index in [0.29, 0.717) is 11.8 Å². The van der Waals surface area contributed by atoms with Gasteiger partial charge in [0.05, 0.1) is 14.2 Å². The lowest BCUT2D eigenvalue weighted by molar-refractivity contribution is -0.132. The molecule has 0 radical (unpaired) electrons. The maximum absolute atomic E-state index is 10.9. The predicted molar refractivity (Wildman–Crippen MR) is 67.6 cm³/mol. The van der Waals surface area contributed by atoms with Gasteiger partial charge in [-0.2, -0.15) is 0 Å². The van der Waals surface area contributed by atoms with E-state index in [4.69, 9.17) is 14.2 Å². The lowest BCUT2D eigenvalue weighted by Crippen LogP contribution is -2.05. The molecule has 5 nitrogen and oxygen atoms in total. The van der Waals surface area contributed by atoms with Crippen LogP contribution in [0.15, 0.2) is 12.1 Å². The molecular formula is C13H18O5. The zero-order chi connectivity index (χ0) is 14.1. The molecule has 100 valence electrons. The normalized spacial score (nSPS) is 8.72. The van der Waals surface area contributed by atoms with Crippen LogP contribution in [-0.2, 0) is 4.79 Å². The first kappa shape index (κ1) is 16.0. The summed E-state index contributed by atoms with van der Waals surface area (Å²) in [5.41, 5.74) is 0.379. The average Bonchev–Trinajstić information content (AvgIpc) is 2.40. The standard InChI is InChI=1S/C11H12O5.C2H6/c1-7(13)16-11-9(14-2)4-8(6-12)5-10(11)15-3;1-2/h4-6H,1-3H3;1-2H3. The van der Waals surface area contributed by atoms with Gasteiger partial charge in [-0.1, -0.05) is 13.8 Å². The minimum Gasteiger partial charge on any atom is -0.493 e. The molecule has 1 aromatic rings. The quantitative estimate of drug-likeness (QED) is 0.469. The second-order valence-corrected chi connectivity index (χ2v) is 2.97. The molecule has 0 saturated heterocycles. The molecule has 1 aromatic carbocycles. The molecule has 0 fully saturated rings. The molecule has 18 heavy (non-hydrogen) atoms. The molecule has 0 aromatic heterocycles. The van der Waals surface area contributed by atoms with Crippen LogP contribution in [0.1, 0.15) is 31.1 Å². The number of methoxy groups -OCH3 is 2. The van der Waals surface area contributed by atoms with Gasteiger partial charge in [0.15, 0.2) is 11.5 Å². The number of hydrogen-bond acceptors (Lipinski definition) is 5. The first-order valence-electron chi connectivity index (χ1n) is 5.52. The summed E-state index contributed by atoms with van der Waals surface area (Å²) >= 11 is 0. The highest BCUT2D eigenvalue weighted by molar-refractivity contribution is 5.80. The maximum Gasteiger partial charge on any atom is 0.308 e. The molecule has 0 bridgehead atoms. The lowest BCUT2D eigenvalue weighted by atomic mass is 10.2. The maximum atomic E-state index is 10.9. The molecule has 0 spiro atoms. The minimum atomic E-state index is -0.490. The Bertz CT molecular complexity index is 387. The van der Waals surface area contributed by atoms with Gasteiger partial charge in [-0.25, -0.2) is 0 Å². The first-order chi connectivity index (χ1) is 8.62. The van der Waals surface area contributed by atoms with Crippen molar-refractivity contribution in [1.29, 1.82) is 0 Å². The number of benzene rings is 1. The Labute approximate surface area is 107 Å². The number of carbonyl (C=O) groups is 2. The summed E-state index contributed by atoms with van der Waals surface area (Å²) in [6, 6.07) is 2.93. The molecule has 0 saturated carbocycles. The van der Waals surface area contributed by atoms with Crippen molar-refractivity contribution in [3.8, 4) is 17.2 Å². The van der Waals surface area contributed by atoms with E-state index in [-0.39, 0.29) is 17.2 Å². The first-order valence-corrected chi connectivity index (χ1v) is 5.52. The fourth-order valence-corrected chi connectivity index (χ4v) is 1.21. The summed E-state index contributed by atoms with van der Waals surface area (Å²) in [6.45, 7) is 5.27. The van der Waals surface area contributed by atoms with Crippen LogP contribution in [0.2, 0.25) is 0 Å². The van der Waals surface area contributed by atoms with Crippen LogP contribution < -0.4 is 14.2 Å². The van der Waals surface area contributed by atoms with E-state index < -0.39 is 5.97 Å². The molecule has 0 aliphatic carbocycles. The van der Waals surface area contributed by atoms with E-state index in [1.54, 1.807) is 0 Å². The highest BCUT2D eigenvalue weighted by Crippen LogP contribution is 2.38. The van der Waals surface area contributed by atoms with E-state index >= 15 is 0 Å². The summed E-state index contributed by atoms with van der Waals surface area (Å²) in [5, 5.41) is 0. The molecule has 1 rings (SSSR count). The molecule has 5 heteroatoms. The molecule has 0 aliphatic rings. The fraction of sp³-hybridized carbons (Fsp3) is 0.385. The molecule has 0 N–H and O–H groups in total. The summed E-state index contributed by atoms with van der Waals surface area (Å²) in [7, 11) is 2.83. The number of esters is 1. The third-order valence-electron chi connectivity index (χ3n) is 1.86. The van der Waals surface area contributed by atoms with E-state index in [9.17, 15) is 9.59 Å². The van der Waals surface area contributed by atoms with Gasteiger partial charge < -0.3 is 14.2 Å². The van der Waals surface area contributed by atoms with Gasteiger partial charge in [-0.3, -0.25) is 9.59 Å². The highest BCUT2D eigenvalue weighted by Gasteiger charge is 2.15. The Morgan fingerprint density at radius 3 is 1.83 bits per heavy atom. The SMILES string of the molecule is CC.COc1cc(C=O)cc(OC)c1OC(C)=O. The van der Waals surface area contributed by atoms with Crippen LogP contribution in [0.4, 0.5) is 0 Å². The molecule has 0 unspecified atom stereocenters. The van der Waals surface area contributed by atoms with Crippen molar-refractivity contribution >= 4 is 12.3 Å². The largest absolute Gasteiger partial charge is 0.493 e. The molecule has 0 amide bonds. The van der Waals surface area contributed by atoms with Gasteiger partial charge in [0.1, 0.15) is 6.29 Å². The Balaban J connectivity index is 0.00000137. The van der Waals surface area contributed by atoms with Crippen LogP contribution in [0.3, 0.4) is 0 Å². The van der Waals surface area contributed by atoms with Crippen LogP contribution >= 0.6 is 0 Å². The van der Waals surface area contributed by atoms with Gasteiger partial charge in [-0.15, -0.1) is 0 Å². The van der Waals surface area contributed by atoms with Crippen LogP contribution in [0.25, 0.3) is 0 Å². The third kappa shape index (κ3) is 4.08. The Morgan fingerprint density at radius 2 is 1.56 bits per heavy atom. The van der Waals surface area contributed by atoms with Crippen LogP contribution in [0, 0.1) is 0 Å². The topological polar surface area (TPSA) is 61.8 Å². The lowest BCUT2D eigenvalue weighted by Gasteiger charge is -2.12. The summed E-state index contributed by atoms with van der Waals surface area (Å²) < 4.78 is 15.0. The monoisotopic (exact) mass is 254 g/mol. The third-order valence-corrected chi connectivity index (χ3v) is 1.86. The predicted octanol–water partition coefficient (Wildman–Crippen LogP) is 2.47. The molecular weight excluding hydrogens is 236 g/mol. The fourth-order valence-electron chi connectivity index (χ4n) is 1.21. The van der Waals surface area contributed by atoms with Crippen LogP contribution in [0.5, 0.6) is 17.2 Å². The highest BCUT2D eigenvalue weighted by atomic mass is 16.6. The van der Waals surface area contributed by atoms with Gasteiger partial charge in [0.25, 0.3) is 0 Å². The van der Waals surface area contributed by atoms with E-state index in [1.165, 1.54) is 33.3 Å². The number of hydrogen-bond donors (Lipinski definition) is 0. The Kier molecular flexibility index (Phi) is 7.19. The van der Waals surface area contributed by atoms with Gasteiger partial charge >= 0.3 is 5.97 Å². The van der Waals surface area contributed by atoms with Gasteiger partial charge in [0, 0.05) is 12.5 Å². The number of carbonyl (C=O) groups excluding carboxylic acids is 2. The van der Waals surface area contributed by atoms with Crippen LogP contribution in [-0.4, -0.2) is 26.5 Å². The summed E-state index contributed by atoms with van der Waals surface area (Å²) in [4.78, 5) is 21.6. The van der Waals surface area contributed by atoms with Crippen molar-refractivity contribution in [2.45, 2.75) is 20.8 Å². The van der Waals surface area contributed by atoms with Crippen molar-refractivity contribution in [2.24, 2.45) is 0 Å². The summed E-state index contributed by atoms with van der Waals surface area (Å²) in [6.07, 6.45) is 0.655. The summed E-state index contributed by atoms with van der Waals surface area (Å²) in [5.74, 6) is 0.229. The van der Waals surface area contributed by atoms with E-state index in [0.717, 1.165) is 0 Å². The Hall–Kier alpha value is -2.04. The zero-order valence-electron chi connectivity index (χ0n) is 11.3. The molecule has 0 atom stereocenters. The van der Waals surface area contributed by atoms with Crippen molar-refractivity contribution in [3.63, 3.8) is 0 Å². The van der Waals surface area contributed by atoms with E-state index in [2.05, 4.69) is 0 Å². The van der Waals surface area contributed by atoms with Gasteiger partial charge in [0.2, 0.25) is 5.75 Å². The van der Waals surface area contributed by atoms with Crippen molar-refractivity contribution in [2.75, 3.05) is 14.2 Å². The average molecular weight is 254 g/mol. The second kappa shape index (κ2) is 8.11. The second-order valence-electron chi connectivity index (χ2n) is 2.97. The van der Waals surface area contributed by atoms with Crippen molar-refractivity contribution in [1.82, 2.24) is 0 Å². The zero-order valence-corrected chi connectivity index (χ0v) is 11.3. The smallest absolute Gasteiger partial charge is 0.308 e. The Morgan fingerprint density at radius 1 is 1.11 bits per heavy atom. The minimum absolute atomic E-state index is 0.170.